The highest BCUT2D eigenvalue weighted by Gasteiger charge is 2.25. The van der Waals surface area contributed by atoms with Gasteiger partial charge in [0, 0.05) is 19.6 Å². The van der Waals surface area contributed by atoms with E-state index in [2.05, 4.69) is 26.7 Å². The number of hydrogen-bond acceptors (Lipinski definition) is 5. The van der Waals surface area contributed by atoms with Gasteiger partial charge in [-0.1, -0.05) is 6.92 Å². The van der Waals surface area contributed by atoms with E-state index in [0.29, 0.717) is 0 Å². The average Bonchev–Trinajstić information content (AvgIpc) is 3.43. The first-order valence-corrected chi connectivity index (χ1v) is 9.18. The number of rotatable bonds is 8. The third kappa shape index (κ3) is 4.66. The van der Waals surface area contributed by atoms with Gasteiger partial charge in [-0.05, 0) is 57.0 Å². The molecule has 24 heavy (non-hydrogen) atoms. The summed E-state index contributed by atoms with van der Waals surface area (Å²) in [5, 5.41) is 8.88. The van der Waals surface area contributed by atoms with Crippen LogP contribution in [0.2, 0.25) is 0 Å². The number of carboxylic acid groups (broad SMARTS) is 1. The first kappa shape index (κ1) is 17.1. The number of anilines is 1. The Morgan fingerprint density at radius 2 is 1.96 bits per heavy atom. The minimum atomic E-state index is -1.03. The van der Waals surface area contributed by atoms with Gasteiger partial charge in [0.2, 0.25) is 0 Å². The van der Waals surface area contributed by atoms with Crippen LogP contribution in [-0.4, -0.2) is 58.7 Å². The van der Waals surface area contributed by atoms with E-state index in [1.165, 1.54) is 57.9 Å². The van der Waals surface area contributed by atoms with Crippen molar-refractivity contribution in [2.45, 2.75) is 39.0 Å². The Morgan fingerprint density at radius 1 is 1.21 bits per heavy atom. The minimum Gasteiger partial charge on any atom is -0.476 e. The van der Waals surface area contributed by atoms with Crippen molar-refractivity contribution in [2.24, 2.45) is 11.8 Å². The highest BCUT2D eigenvalue weighted by molar-refractivity contribution is 5.84. The van der Waals surface area contributed by atoms with Crippen LogP contribution in [0, 0.1) is 11.8 Å². The molecule has 6 heteroatoms. The molecule has 1 saturated carbocycles. The van der Waals surface area contributed by atoms with Gasteiger partial charge in [-0.25, -0.2) is 14.8 Å². The largest absolute Gasteiger partial charge is 0.476 e. The van der Waals surface area contributed by atoms with Crippen molar-refractivity contribution < 1.29 is 9.90 Å². The van der Waals surface area contributed by atoms with Crippen LogP contribution in [0.3, 0.4) is 0 Å². The Labute approximate surface area is 143 Å². The fraction of sp³-hybridized carbons (Fsp3) is 0.722. The van der Waals surface area contributed by atoms with Crippen molar-refractivity contribution in [3.63, 3.8) is 0 Å². The molecule has 1 aliphatic carbocycles. The topological polar surface area (TPSA) is 69.6 Å². The van der Waals surface area contributed by atoms with Crippen molar-refractivity contribution in [3.8, 4) is 0 Å². The van der Waals surface area contributed by atoms with E-state index in [9.17, 15) is 4.79 Å². The van der Waals surface area contributed by atoms with Gasteiger partial charge >= 0.3 is 5.97 Å². The van der Waals surface area contributed by atoms with Gasteiger partial charge < -0.3 is 14.9 Å². The van der Waals surface area contributed by atoms with E-state index in [0.717, 1.165) is 30.7 Å². The van der Waals surface area contributed by atoms with Crippen molar-refractivity contribution >= 4 is 11.8 Å². The molecule has 0 atom stereocenters. The number of carbonyl (C=O) groups is 1. The molecule has 0 spiro atoms. The van der Waals surface area contributed by atoms with Crippen LogP contribution in [0.25, 0.3) is 0 Å². The molecule has 0 radical (unpaired) electrons. The summed E-state index contributed by atoms with van der Waals surface area (Å²) in [5.74, 6) is 1.53. The van der Waals surface area contributed by atoms with E-state index >= 15 is 0 Å². The van der Waals surface area contributed by atoms with Crippen LogP contribution >= 0.6 is 0 Å². The summed E-state index contributed by atoms with van der Waals surface area (Å²) >= 11 is 0. The monoisotopic (exact) mass is 332 g/mol. The summed E-state index contributed by atoms with van der Waals surface area (Å²) in [7, 11) is 0. The molecule has 1 saturated heterocycles. The zero-order valence-electron chi connectivity index (χ0n) is 14.5. The highest BCUT2D eigenvalue weighted by Crippen LogP contribution is 2.30. The summed E-state index contributed by atoms with van der Waals surface area (Å²) in [6, 6.07) is 0. The smallest absolute Gasteiger partial charge is 0.356 e. The van der Waals surface area contributed by atoms with Gasteiger partial charge in [0.1, 0.15) is 5.82 Å². The molecule has 0 bridgehead atoms. The van der Waals surface area contributed by atoms with Crippen molar-refractivity contribution in [1.82, 2.24) is 14.9 Å². The van der Waals surface area contributed by atoms with E-state index < -0.39 is 5.97 Å². The Hall–Kier alpha value is -1.69. The van der Waals surface area contributed by atoms with E-state index in [-0.39, 0.29) is 5.69 Å². The Morgan fingerprint density at radius 3 is 2.50 bits per heavy atom. The van der Waals surface area contributed by atoms with Crippen molar-refractivity contribution in [1.29, 1.82) is 0 Å². The fourth-order valence-corrected chi connectivity index (χ4v) is 3.45. The summed E-state index contributed by atoms with van der Waals surface area (Å²) in [4.78, 5) is 23.9. The third-order valence-corrected chi connectivity index (χ3v) is 5.31. The number of nitrogens with zero attached hydrogens (tertiary/aromatic N) is 4. The molecule has 6 nitrogen and oxygen atoms in total. The quantitative estimate of drug-likeness (QED) is 0.789. The van der Waals surface area contributed by atoms with Crippen LogP contribution in [0.1, 0.15) is 49.5 Å². The van der Waals surface area contributed by atoms with Crippen LogP contribution in [0.15, 0.2) is 12.4 Å². The predicted octanol–water partition coefficient (Wildman–Crippen LogP) is 2.51. The lowest BCUT2D eigenvalue weighted by molar-refractivity contribution is 0.0690. The Bertz CT molecular complexity index is 536. The van der Waals surface area contributed by atoms with Gasteiger partial charge in [-0.2, -0.15) is 0 Å². The lowest BCUT2D eigenvalue weighted by Crippen LogP contribution is -2.36. The average molecular weight is 332 g/mol. The Kier molecular flexibility index (Phi) is 5.66. The molecule has 2 aliphatic rings. The molecule has 1 N–H and O–H groups in total. The number of piperidine rings is 1. The maximum Gasteiger partial charge on any atom is 0.356 e. The van der Waals surface area contributed by atoms with Gasteiger partial charge in [0.15, 0.2) is 5.69 Å². The maximum absolute atomic E-state index is 10.8. The van der Waals surface area contributed by atoms with Gasteiger partial charge in [0.05, 0.1) is 12.4 Å². The van der Waals surface area contributed by atoms with E-state index in [1.807, 2.05) is 0 Å². The normalized spacial score (nSPS) is 19.0. The lowest BCUT2D eigenvalue weighted by atomic mass is 9.93. The van der Waals surface area contributed by atoms with Gasteiger partial charge in [-0.15, -0.1) is 0 Å². The summed E-state index contributed by atoms with van der Waals surface area (Å²) in [6.07, 6.45) is 9.44. The summed E-state index contributed by atoms with van der Waals surface area (Å²) in [6.45, 7) is 7.93. The zero-order valence-corrected chi connectivity index (χ0v) is 14.5. The van der Waals surface area contributed by atoms with Crippen LogP contribution < -0.4 is 4.90 Å². The van der Waals surface area contributed by atoms with Crippen LogP contribution in [0.4, 0.5) is 5.82 Å². The minimum absolute atomic E-state index is 0.00366. The number of aromatic nitrogens is 2. The fourth-order valence-electron chi connectivity index (χ4n) is 3.45. The van der Waals surface area contributed by atoms with E-state index in [4.69, 9.17) is 5.11 Å². The summed E-state index contributed by atoms with van der Waals surface area (Å²) in [5.41, 5.74) is 0.00366. The molecule has 2 fully saturated rings. The molecule has 3 rings (SSSR count). The number of aromatic carboxylic acids is 1. The summed E-state index contributed by atoms with van der Waals surface area (Å²) < 4.78 is 0. The third-order valence-electron chi connectivity index (χ3n) is 5.31. The zero-order chi connectivity index (χ0) is 16.9. The lowest BCUT2D eigenvalue weighted by Gasteiger charge is -2.33. The van der Waals surface area contributed by atoms with Crippen molar-refractivity contribution in [2.75, 3.05) is 37.6 Å². The number of carboxylic acids is 1. The van der Waals surface area contributed by atoms with Crippen LogP contribution in [-0.2, 0) is 0 Å². The molecule has 1 aromatic heterocycles. The molecule has 0 amide bonds. The van der Waals surface area contributed by atoms with Crippen molar-refractivity contribution in [3.05, 3.63) is 18.1 Å². The standard InChI is InChI=1S/C18H28N4O2/c1-2-21(13-15-3-4-15)8-5-14-6-9-22(10-7-14)17-12-19-16(11-20-17)18(23)24/h11-12,14-15H,2-10,13H2,1H3,(H,23,24). The molecule has 132 valence electrons. The molecular weight excluding hydrogens is 304 g/mol. The molecule has 0 aromatic carbocycles. The highest BCUT2D eigenvalue weighted by atomic mass is 16.4. The van der Waals surface area contributed by atoms with E-state index in [1.54, 1.807) is 6.20 Å². The SMILES string of the molecule is CCN(CCC1CCN(c2cnc(C(=O)O)cn2)CC1)CC1CC1. The predicted molar refractivity (Wildman–Crippen MR) is 93.4 cm³/mol. The molecular formula is C18H28N4O2. The molecule has 0 unspecified atom stereocenters. The first-order valence-electron chi connectivity index (χ1n) is 9.18. The second kappa shape index (κ2) is 7.92. The molecule has 1 aliphatic heterocycles. The Balaban J connectivity index is 1.42. The first-order chi connectivity index (χ1) is 11.7. The molecule has 2 heterocycles. The van der Waals surface area contributed by atoms with Crippen LogP contribution in [0.5, 0.6) is 0 Å². The second-order valence-electron chi connectivity index (χ2n) is 7.12. The number of hydrogen-bond donors (Lipinski definition) is 1. The van der Waals surface area contributed by atoms with Gasteiger partial charge in [-0.3, -0.25) is 0 Å². The molecule has 1 aromatic rings. The second-order valence-corrected chi connectivity index (χ2v) is 7.12. The van der Waals surface area contributed by atoms with Gasteiger partial charge in [0.25, 0.3) is 0 Å². The maximum atomic E-state index is 10.8.